The van der Waals surface area contributed by atoms with Crippen LogP contribution in [0.5, 0.6) is 0 Å². The minimum Gasteiger partial charge on any atom is -0.367 e. The smallest absolute Gasteiger partial charge is 0.155 e. The van der Waals surface area contributed by atoms with Crippen LogP contribution in [0.15, 0.2) is 24.3 Å². The van der Waals surface area contributed by atoms with Gasteiger partial charge in [-0.3, -0.25) is 4.79 Å². The average Bonchev–Trinajstić information content (AvgIpc) is 2.92. The van der Waals surface area contributed by atoms with Gasteiger partial charge in [0.25, 0.3) is 0 Å². The summed E-state index contributed by atoms with van der Waals surface area (Å²) in [7, 11) is 1.91. The molecule has 1 aliphatic carbocycles. The first-order valence-electron chi connectivity index (χ1n) is 6.44. The third kappa shape index (κ3) is 2.89. The van der Waals surface area contributed by atoms with Gasteiger partial charge in [-0.1, -0.05) is 18.9 Å². The molecule has 0 atom stereocenters. The number of hydrogen-bond donors (Lipinski definition) is 0. The molecule has 0 saturated heterocycles. The third-order valence-electron chi connectivity index (χ3n) is 3.62. The second-order valence-electron chi connectivity index (χ2n) is 4.97. The molecule has 1 aromatic carbocycles. The number of benzene rings is 1. The van der Waals surface area contributed by atoms with Crippen molar-refractivity contribution in [2.24, 2.45) is 5.92 Å². The fourth-order valence-electron chi connectivity index (χ4n) is 2.51. The maximum atomic E-state index is 12.1. The highest BCUT2D eigenvalue weighted by molar-refractivity contribution is 5.85. The van der Waals surface area contributed by atoms with Crippen LogP contribution in [-0.2, 0) is 4.79 Å². The van der Waals surface area contributed by atoms with Crippen molar-refractivity contribution in [3.05, 3.63) is 29.8 Å². The fraction of sp³-hybridized carbons (Fsp3) is 0.467. The minimum absolute atomic E-state index is 0.256. The van der Waals surface area contributed by atoms with Crippen molar-refractivity contribution < 1.29 is 4.79 Å². The Morgan fingerprint density at radius 3 is 2.83 bits per heavy atom. The number of ketones is 1. The van der Waals surface area contributed by atoms with Gasteiger partial charge in [0.2, 0.25) is 0 Å². The Morgan fingerprint density at radius 1 is 1.44 bits per heavy atom. The Kier molecular flexibility index (Phi) is 3.99. The van der Waals surface area contributed by atoms with E-state index in [0.717, 1.165) is 18.5 Å². The van der Waals surface area contributed by atoms with E-state index in [0.29, 0.717) is 17.9 Å². The van der Waals surface area contributed by atoms with Crippen molar-refractivity contribution in [3.63, 3.8) is 0 Å². The molecule has 0 unspecified atom stereocenters. The van der Waals surface area contributed by atoms with Crippen LogP contribution < -0.4 is 4.90 Å². The van der Waals surface area contributed by atoms with Crippen molar-refractivity contribution in [2.75, 3.05) is 18.5 Å². The monoisotopic (exact) mass is 242 g/mol. The normalized spacial score (nSPS) is 15.3. The molecule has 1 aliphatic rings. The lowest BCUT2D eigenvalue weighted by Gasteiger charge is -2.20. The number of hydrogen-bond acceptors (Lipinski definition) is 3. The van der Waals surface area contributed by atoms with Gasteiger partial charge in [0.05, 0.1) is 18.2 Å². The maximum absolute atomic E-state index is 12.1. The van der Waals surface area contributed by atoms with E-state index in [1.165, 1.54) is 12.8 Å². The zero-order chi connectivity index (χ0) is 13.0. The quantitative estimate of drug-likeness (QED) is 0.815. The molecular weight excluding hydrogens is 224 g/mol. The Bertz CT molecular complexity index is 470. The molecule has 3 heteroatoms. The van der Waals surface area contributed by atoms with Gasteiger partial charge in [-0.15, -0.1) is 0 Å². The number of anilines is 1. The van der Waals surface area contributed by atoms with E-state index in [-0.39, 0.29) is 5.92 Å². The molecule has 0 aromatic heterocycles. The van der Waals surface area contributed by atoms with E-state index in [1.807, 2.05) is 30.1 Å². The lowest BCUT2D eigenvalue weighted by molar-refractivity contribution is -0.121. The summed E-state index contributed by atoms with van der Waals surface area (Å²) in [6.45, 7) is 0.444. The molecule has 1 aromatic rings. The molecule has 3 nitrogen and oxygen atoms in total. The van der Waals surface area contributed by atoms with Crippen molar-refractivity contribution in [3.8, 4) is 6.07 Å². The van der Waals surface area contributed by atoms with Crippen LogP contribution in [0.25, 0.3) is 0 Å². The van der Waals surface area contributed by atoms with Crippen LogP contribution in [0.2, 0.25) is 0 Å². The Hall–Kier alpha value is -1.82. The Labute approximate surface area is 108 Å². The van der Waals surface area contributed by atoms with E-state index in [9.17, 15) is 4.79 Å². The first-order chi connectivity index (χ1) is 8.70. The van der Waals surface area contributed by atoms with Crippen molar-refractivity contribution in [1.29, 1.82) is 5.26 Å². The molecule has 0 aliphatic heterocycles. The number of rotatable bonds is 4. The third-order valence-corrected chi connectivity index (χ3v) is 3.62. The number of nitrogens with zero attached hydrogens (tertiary/aromatic N) is 2. The zero-order valence-corrected chi connectivity index (χ0v) is 10.7. The highest BCUT2D eigenvalue weighted by Gasteiger charge is 2.23. The largest absolute Gasteiger partial charge is 0.367 e. The second kappa shape index (κ2) is 5.68. The molecule has 0 spiro atoms. The topological polar surface area (TPSA) is 44.1 Å². The van der Waals surface area contributed by atoms with Crippen LogP contribution >= 0.6 is 0 Å². The summed E-state index contributed by atoms with van der Waals surface area (Å²) in [5.74, 6) is 0.587. The number of carbonyl (C=O) groups is 1. The SMILES string of the molecule is CN(CC(=O)C1CCCC1)c1cccc(C#N)c1. The summed E-state index contributed by atoms with van der Waals surface area (Å²) in [5, 5.41) is 8.86. The van der Waals surface area contributed by atoms with E-state index in [2.05, 4.69) is 6.07 Å². The van der Waals surface area contributed by atoms with Crippen LogP contribution in [0.3, 0.4) is 0 Å². The zero-order valence-electron chi connectivity index (χ0n) is 10.7. The van der Waals surface area contributed by atoms with Crippen LogP contribution in [0.1, 0.15) is 31.2 Å². The first kappa shape index (κ1) is 12.6. The molecule has 0 bridgehead atoms. The summed E-state index contributed by atoms with van der Waals surface area (Å²) < 4.78 is 0. The first-order valence-corrected chi connectivity index (χ1v) is 6.44. The maximum Gasteiger partial charge on any atom is 0.155 e. The number of carbonyl (C=O) groups excluding carboxylic acids is 1. The molecule has 0 amide bonds. The van der Waals surface area contributed by atoms with Gasteiger partial charge in [0.1, 0.15) is 0 Å². The molecule has 1 fully saturated rings. The van der Waals surface area contributed by atoms with Crippen molar-refractivity contribution in [1.82, 2.24) is 0 Å². The summed E-state index contributed by atoms with van der Waals surface area (Å²) in [6, 6.07) is 9.50. The predicted octanol–water partition coefficient (Wildman–Crippen LogP) is 2.75. The Morgan fingerprint density at radius 2 is 2.17 bits per heavy atom. The van der Waals surface area contributed by atoms with Gasteiger partial charge in [0, 0.05) is 18.7 Å². The summed E-state index contributed by atoms with van der Waals surface area (Å²) >= 11 is 0. The van der Waals surface area contributed by atoms with Crippen LogP contribution in [0, 0.1) is 17.2 Å². The Balaban J connectivity index is 2.00. The standard InChI is InChI=1S/C15H18N2O/c1-17(11-15(18)13-6-2-3-7-13)14-8-4-5-12(9-14)10-16/h4-5,8-9,13H,2-3,6-7,11H2,1H3. The molecule has 2 rings (SSSR count). The lowest BCUT2D eigenvalue weighted by atomic mass is 10.0. The van der Waals surface area contributed by atoms with Gasteiger partial charge in [0.15, 0.2) is 5.78 Å². The molecule has 18 heavy (non-hydrogen) atoms. The summed E-state index contributed by atoms with van der Waals surface area (Å²) in [6.07, 6.45) is 4.46. The molecule has 0 heterocycles. The second-order valence-corrected chi connectivity index (χ2v) is 4.97. The lowest BCUT2D eigenvalue weighted by Crippen LogP contribution is -2.29. The molecular formula is C15H18N2O. The van der Waals surface area contributed by atoms with E-state index >= 15 is 0 Å². The summed E-state index contributed by atoms with van der Waals surface area (Å²) in [5.41, 5.74) is 1.56. The predicted molar refractivity (Wildman–Crippen MR) is 71.4 cm³/mol. The number of likely N-dealkylation sites (N-methyl/N-ethyl adjacent to an activating group) is 1. The highest BCUT2D eigenvalue weighted by atomic mass is 16.1. The minimum atomic E-state index is 0.256. The molecule has 0 N–H and O–H groups in total. The average molecular weight is 242 g/mol. The molecule has 94 valence electrons. The van der Waals surface area contributed by atoms with Gasteiger partial charge >= 0.3 is 0 Å². The number of nitriles is 1. The fourth-order valence-corrected chi connectivity index (χ4v) is 2.51. The van der Waals surface area contributed by atoms with Crippen molar-refractivity contribution >= 4 is 11.5 Å². The van der Waals surface area contributed by atoms with Gasteiger partial charge in [-0.2, -0.15) is 5.26 Å². The number of Topliss-reactive ketones (excluding diaryl/α,β-unsaturated/α-hetero) is 1. The van der Waals surface area contributed by atoms with Gasteiger partial charge < -0.3 is 4.90 Å². The molecule has 0 radical (unpaired) electrons. The van der Waals surface area contributed by atoms with Crippen LogP contribution in [0.4, 0.5) is 5.69 Å². The molecule has 1 saturated carbocycles. The van der Waals surface area contributed by atoms with Crippen molar-refractivity contribution in [2.45, 2.75) is 25.7 Å². The van der Waals surface area contributed by atoms with E-state index in [1.54, 1.807) is 6.07 Å². The van der Waals surface area contributed by atoms with Gasteiger partial charge in [-0.05, 0) is 31.0 Å². The van der Waals surface area contributed by atoms with E-state index < -0.39 is 0 Å². The van der Waals surface area contributed by atoms with Crippen LogP contribution in [-0.4, -0.2) is 19.4 Å². The highest BCUT2D eigenvalue weighted by Crippen LogP contribution is 2.26. The summed E-state index contributed by atoms with van der Waals surface area (Å²) in [4.78, 5) is 14.0. The van der Waals surface area contributed by atoms with Gasteiger partial charge in [-0.25, -0.2) is 0 Å². The van der Waals surface area contributed by atoms with E-state index in [4.69, 9.17) is 5.26 Å².